The normalized spacial score (nSPS) is 11.9. The van der Waals surface area contributed by atoms with Gasteiger partial charge in [-0.15, -0.1) is 0 Å². The first kappa shape index (κ1) is 31.5. The lowest BCUT2D eigenvalue weighted by molar-refractivity contribution is -0.140. The number of ether oxygens (including phenoxy) is 1. The molecule has 3 aromatic rings. The van der Waals surface area contributed by atoms with Crippen molar-refractivity contribution < 1.29 is 22.7 Å². The van der Waals surface area contributed by atoms with Crippen molar-refractivity contribution in [3.8, 4) is 5.75 Å². The average Bonchev–Trinajstić information content (AvgIpc) is 2.94. The van der Waals surface area contributed by atoms with Crippen LogP contribution in [0.4, 0.5) is 5.69 Å². The molecule has 0 radical (unpaired) electrons. The maximum atomic E-state index is 14.1. The smallest absolute Gasteiger partial charge is 0.264 e. The number of sulfonamides is 1. The van der Waals surface area contributed by atoms with E-state index in [4.69, 9.17) is 39.5 Å². The van der Waals surface area contributed by atoms with Crippen molar-refractivity contribution in [2.24, 2.45) is 0 Å². The molecule has 0 aliphatic carbocycles. The molecule has 0 unspecified atom stereocenters. The minimum atomic E-state index is -4.27. The second kappa shape index (κ2) is 14.1. The number of carbonyl (C=O) groups is 2. The van der Waals surface area contributed by atoms with Gasteiger partial charge in [0.05, 0.1) is 27.7 Å². The average molecular weight is 627 g/mol. The predicted molar refractivity (Wildman–Crippen MR) is 159 cm³/mol. The van der Waals surface area contributed by atoms with E-state index < -0.39 is 28.5 Å². The Morgan fingerprint density at radius 1 is 0.950 bits per heavy atom. The fourth-order valence-corrected chi connectivity index (χ4v) is 6.06. The van der Waals surface area contributed by atoms with Crippen LogP contribution in [0.3, 0.4) is 0 Å². The summed E-state index contributed by atoms with van der Waals surface area (Å²) in [4.78, 5) is 28.4. The lowest BCUT2D eigenvalue weighted by atomic mass is 10.1. The van der Waals surface area contributed by atoms with E-state index in [1.165, 1.54) is 36.3 Å². The molecule has 12 heteroatoms. The van der Waals surface area contributed by atoms with E-state index in [2.05, 4.69) is 5.32 Å². The van der Waals surface area contributed by atoms with Gasteiger partial charge in [-0.25, -0.2) is 8.42 Å². The number of nitrogens with zero attached hydrogens (tertiary/aromatic N) is 2. The Balaban J connectivity index is 2.13. The van der Waals surface area contributed by atoms with Crippen LogP contribution in [0.1, 0.15) is 25.8 Å². The Labute approximate surface area is 249 Å². The third-order valence-electron chi connectivity index (χ3n) is 6.09. The molecule has 0 fully saturated rings. The van der Waals surface area contributed by atoms with Crippen LogP contribution in [-0.4, -0.2) is 51.4 Å². The maximum Gasteiger partial charge on any atom is 0.264 e. The van der Waals surface area contributed by atoms with E-state index in [0.29, 0.717) is 17.1 Å². The van der Waals surface area contributed by atoms with Gasteiger partial charge in [0.25, 0.3) is 10.0 Å². The Bertz CT molecular complexity index is 1450. The Morgan fingerprint density at radius 3 is 2.25 bits per heavy atom. The standard InChI is InChI=1S/C28H30Cl3N3O5S/c1-4-24(28(36)32-5-2)33(17-19-11-13-22(30)23(31)15-19)27(35)18-34(25-16-20(29)12-14-26(25)39-3)40(37,38)21-9-7-6-8-10-21/h6-16,24H,4-5,17-18H2,1-3H3,(H,32,36)/t24-/m0/s1. The molecule has 0 bridgehead atoms. The van der Waals surface area contributed by atoms with Crippen LogP contribution in [0.15, 0.2) is 71.6 Å². The summed E-state index contributed by atoms with van der Waals surface area (Å²) in [5.74, 6) is -0.787. The predicted octanol–water partition coefficient (Wildman–Crippen LogP) is 5.79. The molecule has 0 aromatic heterocycles. The molecule has 2 amide bonds. The maximum absolute atomic E-state index is 14.1. The number of amides is 2. The summed E-state index contributed by atoms with van der Waals surface area (Å²) in [6.07, 6.45) is 0.283. The molecule has 214 valence electrons. The molecule has 1 N–H and O–H groups in total. The Morgan fingerprint density at radius 2 is 1.65 bits per heavy atom. The number of rotatable bonds is 12. The number of anilines is 1. The van der Waals surface area contributed by atoms with E-state index in [9.17, 15) is 18.0 Å². The molecule has 3 aromatic carbocycles. The van der Waals surface area contributed by atoms with Crippen molar-refractivity contribution in [2.75, 3.05) is 24.5 Å². The summed E-state index contributed by atoms with van der Waals surface area (Å²) in [6, 6.07) is 16.2. The van der Waals surface area contributed by atoms with Gasteiger partial charge in [0.2, 0.25) is 11.8 Å². The fourth-order valence-electron chi connectivity index (χ4n) is 4.14. The highest BCUT2D eigenvalue weighted by atomic mass is 35.5. The van der Waals surface area contributed by atoms with Crippen molar-refractivity contribution >= 4 is 62.3 Å². The quantitative estimate of drug-likeness (QED) is 0.274. The second-order valence-corrected chi connectivity index (χ2v) is 11.8. The topological polar surface area (TPSA) is 96.0 Å². The van der Waals surface area contributed by atoms with Gasteiger partial charge >= 0.3 is 0 Å². The zero-order valence-corrected chi connectivity index (χ0v) is 25.3. The molecule has 0 aliphatic rings. The van der Waals surface area contributed by atoms with E-state index in [-0.39, 0.29) is 45.3 Å². The van der Waals surface area contributed by atoms with Crippen molar-refractivity contribution in [3.05, 3.63) is 87.4 Å². The number of hydrogen-bond acceptors (Lipinski definition) is 5. The third kappa shape index (κ3) is 7.40. The first-order valence-corrected chi connectivity index (χ1v) is 15.0. The van der Waals surface area contributed by atoms with Crippen LogP contribution >= 0.6 is 34.8 Å². The lowest BCUT2D eigenvalue weighted by Crippen LogP contribution is -2.52. The summed E-state index contributed by atoms with van der Waals surface area (Å²) >= 11 is 18.5. The molecule has 40 heavy (non-hydrogen) atoms. The van der Waals surface area contributed by atoms with Crippen LogP contribution in [0.2, 0.25) is 15.1 Å². The SMILES string of the molecule is CCNC(=O)[C@H](CC)N(Cc1ccc(Cl)c(Cl)c1)C(=O)CN(c1cc(Cl)ccc1OC)S(=O)(=O)c1ccccc1. The third-order valence-corrected chi connectivity index (χ3v) is 8.84. The first-order valence-electron chi connectivity index (χ1n) is 12.5. The largest absolute Gasteiger partial charge is 0.495 e. The highest BCUT2D eigenvalue weighted by Gasteiger charge is 2.34. The summed E-state index contributed by atoms with van der Waals surface area (Å²) in [5, 5.41) is 3.63. The summed E-state index contributed by atoms with van der Waals surface area (Å²) in [6.45, 7) is 3.25. The molecule has 0 heterocycles. The number of carbonyl (C=O) groups excluding carboxylic acids is 2. The van der Waals surface area contributed by atoms with Gasteiger partial charge in [0, 0.05) is 18.1 Å². The molecule has 0 saturated heterocycles. The van der Waals surface area contributed by atoms with E-state index in [1.54, 1.807) is 56.3 Å². The van der Waals surface area contributed by atoms with Gasteiger partial charge in [0.1, 0.15) is 18.3 Å². The molecule has 0 aliphatic heterocycles. The number of methoxy groups -OCH3 is 1. The Kier molecular flexibility index (Phi) is 11.1. The number of likely N-dealkylation sites (N-methyl/N-ethyl adjacent to an activating group) is 1. The van der Waals surface area contributed by atoms with Crippen LogP contribution in [0, 0.1) is 0 Å². The van der Waals surface area contributed by atoms with Crippen molar-refractivity contribution in [1.82, 2.24) is 10.2 Å². The summed E-state index contributed by atoms with van der Waals surface area (Å²) in [5.41, 5.74) is 0.691. The molecular weight excluding hydrogens is 597 g/mol. The van der Waals surface area contributed by atoms with Gasteiger partial charge in [-0.2, -0.15) is 0 Å². The van der Waals surface area contributed by atoms with E-state index >= 15 is 0 Å². The number of halogens is 3. The van der Waals surface area contributed by atoms with Crippen molar-refractivity contribution in [2.45, 2.75) is 37.8 Å². The van der Waals surface area contributed by atoms with Crippen LogP contribution < -0.4 is 14.4 Å². The summed E-state index contributed by atoms with van der Waals surface area (Å²) < 4.78 is 34.2. The number of hydrogen-bond donors (Lipinski definition) is 1. The monoisotopic (exact) mass is 625 g/mol. The van der Waals surface area contributed by atoms with E-state index in [1.807, 2.05) is 0 Å². The molecule has 3 rings (SSSR count). The number of nitrogens with one attached hydrogen (secondary N) is 1. The van der Waals surface area contributed by atoms with Gasteiger partial charge in [-0.05, 0) is 61.4 Å². The number of benzene rings is 3. The fraction of sp³-hybridized carbons (Fsp3) is 0.286. The first-order chi connectivity index (χ1) is 19.0. The Hall–Kier alpha value is -2.98. The van der Waals surface area contributed by atoms with Crippen molar-refractivity contribution in [1.29, 1.82) is 0 Å². The van der Waals surface area contributed by atoms with Gasteiger partial charge in [-0.1, -0.05) is 66.0 Å². The molecule has 0 spiro atoms. The minimum Gasteiger partial charge on any atom is -0.495 e. The minimum absolute atomic E-state index is 0.0166. The zero-order valence-electron chi connectivity index (χ0n) is 22.2. The van der Waals surface area contributed by atoms with E-state index in [0.717, 1.165) is 4.31 Å². The van der Waals surface area contributed by atoms with Crippen LogP contribution in [-0.2, 0) is 26.2 Å². The highest BCUT2D eigenvalue weighted by molar-refractivity contribution is 7.92. The van der Waals surface area contributed by atoms with Gasteiger partial charge in [-0.3, -0.25) is 13.9 Å². The van der Waals surface area contributed by atoms with Gasteiger partial charge in [0.15, 0.2) is 0 Å². The molecule has 1 atom stereocenters. The summed E-state index contributed by atoms with van der Waals surface area (Å²) in [7, 11) is -2.88. The molecular formula is C28H30Cl3N3O5S. The highest BCUT2D eigenvalue weighted by Crippen LogP contribution is 2.35. The molecule has 8 nitrogen and oxygen atoms in total. The van der Waals surface area contributed by atoms with Gasteiger partial charge < -0.3 is 15.0 Å². The molecule has 0 saturated carbocycles. The zero-order chi connectivity index (χ0) is 29.4. The van der Waals surface area contributed by atoms with Crippen LogP contribution in [0.25, 0.3) is 0 Å². The van der Waals surface area contributed by atoms with Crippen LogP contribution in [0.5, 0.6) is 5.75 Å². The second-order valence-electron chi connectivity index (χ2n) is 8.73. The van der Waals surface area contributed by atoms with Crippen molar-refractivity contribution in [3.63, 3.8) is 0 Å². The lowest BCUT2D eigenvalue weighted by Gasteiger charge is -2.33.